The third-order valence-electron chi connectivity index (χ3n) is 8.75. The molecule has 0 bridgehead atoms. The van der Waals surface area contributed by atoms with Gasteiger partial charge in [0.1, 0.15) is 30.2 Å². The van der Waals surface area contributed by atoms with Crippen molar-refractivity contribution in [2.75, 3.05) is 44.3 Å². The zero-order chi connectivity index (χ0) is 28.3. The minimum absolute atomic E-state index is 0.00960. The monoisotopic (exact) mass is 557 g/mol. The summed E-state index contributed by atoms with van der Waals surface area (Å²) in [5, 5.41) is 21.9. The van der Waals surface area contributed by atoms with Crippen LogP contribution >= 0.6 is 0 Å². The van der Waals surface area contributed by atoms with E-state index in [2.05, 4.69) is 15.8 Å². The molecular formula is C31H29F2N5O3. The highest BCUT2D eigenvalue weighted by atomic mass is 19.1. The first-order chi connectivity index (χ1) is 19.9. The van der Waals surface area contributed by atoms with Gasteiger partial charge >= 0.3 is 6.01 Å². The summed E-state index contributed by atoms with van der Waals surface area (Å²) in [6.07, 6.45) is 8.85. The summed E-state index contributed by atoms with van der Waals surface area (Å²) >= 11 is 0. The molecule has 0 spiro atoms. The summed E-state index contributed by atoms with van der Waals surface area (Å²) in [6.45, 7) is 2.88. The molecule has 3 aliphatic heterocycles. The number of anilines is 1. The second kappa shape index (κ2) is 9.79. The lowest BCUT2D eigenvalue weighted by molar-refractivity contribution is 0.107. The van der Waals surface area contributed by atoms with Crippen LogP contribution in [0.5, 0.6) is 11.8 Å². The maximum absolute atomic E-state index is 14.8. The quantitative estimate of drug-likeness (QED) is 0.343. The molecule has 0 saturated carbocycles. The van der Waals surface area contributed by atoms with Gasteiger partial charge in [-0.1, -0.05) is 12.0 Å². The number of aromatic hydroxyl groups is 1. The van der Waals surface area contributed by atoms with Gasteiger partial charge in [0, 0.05) is 55.7 Å². The van der Waals surface area contributed by atoms with Gasteiger partial charge in [0.25, 0.3) is 0 Å². The Kier molecular flexibility index (Phi) is 6.17. The number of alkyl halides is 1. The van der Waals surface area contributed by atoms with E-state index in [9.17, 15) is 19.0 Å². The summed E-state index contributed by atoms with van der Waals surface area (Å²) in [5.41, 5.74) is 1.22. The smallest absolute Gasteiger partial charge is 0.316 e. The number of fused-ring (bicyclic) bond motifs is 3. The highest BCUT2D eigenvalue weighted by molar-refractivity contribution is 6.03. The number of aromatic nitrogens is 3. The van der Waals surface area contributed by atoms with E-state index in [0.717, 1.165) is 19.4 Å². The topological polar surface area (TPSA) is 94.8 Å². The molecule has 2 aromatic carbocycles. The van der Waals surface area contributed by atoms with E-state index < -0.39 is 12.0 Å². The van der Waals surface area contributed by atoms with Crippen molar-refractivity contribution in [3.63, 3.8) is 0 Å². The third kappa shape index (κ3) is 4.31. The van der Waals surface area contributed by atoms with Crippen LogP contribution in [-0.4, -0.2) is 81.2 Å². The lowest BCUT2D eigenvalue weighted by Crippen LogP contribution is -2.48. The molecular weight excluding hydrogens is 528 g/mol. The molecule has 7 rings (SSSR count). The van der Waals surface area contributed by atoms with Crippen LogP contribution in [0.15, 0.2) is 36.5 Å². The van der Waals surface area contributed by atoms with E-state index in [1.54, 1.807) is 18.3 Å². The fourth-order valence-electron chi connectivity index (χ4n) is 6.72. The number of aliphatic hydroxyl groups excluding tert-OH is 1. The van der Waals surface area contributed by atoms with Crippen LogP contribution in [0.1, 0.15) is 24.8 Å². The lowest BCUT2D eigenvalue weighted by atomic mass is 9.95. The molecule has 2 aromatic heterocycles. The number of terminal acetylenes is 1. The van der Waals surface area contributed by atoms with Crippen molar-refractivity contribution in [2.24, 2.45) is 5.92 Å². The second-order valence-corrected chi connectivity index (χ2v) is 11.4. The molecule has 0 unspecified atom stereocenters. The maximum Gasteiger partial charge on any atom is 0.316 e. The van der Waals surface area contributed by atoms with Crippen LogP contribution in [0.25, 0.3) is 32.9 Å². The molecule has 0 aliphatic carbocycles. The molecule has 41 heavy (non-hydrogen) atoms. The lowest BCUT2D eigenvalue weighted by Gasteiger charge is -2.39. The first kappa shape index (κ1) is 25.9. The van der Waals surface area contributed by atoms with Gasteiger partial charge in [-0.3, -0.25) is 4.90 Å². The standard InChI is InChI=1S/C31H29F2N5O3/c1-2-22-25(33)5-4-19-8-21(40)9-23(28(19)22)26-10-27-24(29(35-26)37-13-18(14-37)16-39)12-34-30(36-27)41-17-31-6-3-7-38(31)15-20(32)11-31/h1,4-5,8-10,12,18,20,39-40H,3,6-7,11,13-17H2/t20-,31+/m1/s1. The molecule has 0 radical (unpaired) electrons. The molecule has 10 heteroatoms. The van der Waals surface area contributed by atoms with Gasteiger partial charge in [-0.2, -0.15) is 4.98 Å². The molecule has 0 amide bonds. The number of phenolic OH excluding ortho intramolecular Hbond substituents is 1. The minimum Gasteiger partial charge on any atom is -0.508 e. The van der Waals surface area contributed by atoms with Gasteiger partial charge in [0.2, 0.25) is 0 Å². The van der Waals surface area contributed by atoms with Gasteiger partial charge in [-0.15, -0.1) is 6.42 Å². The van der Waals surface area contributed by atoms with Gasteiger partial charge in [-0.05, 0) is 49.0 Å². The van der Waals surface area contributed by atoms with Crippen molar-refractivity contribution in [3.05, 3.63) is 47.9 Å². The minimum atomic E-state index is -0.860. The number of ether oxygens (including phenoxy) is 1. The Morgan fingerprint density at radius 1 is 1.17 bits per heavy atom. The van der Waals surface area contributed by atoms with Crippen LogP contribution in [0.3, 0.4) is 0 Å². The first-order valence-electron chi connectivity index (χ1n) is 13.9. The Morgan fingerprint density at radius 2 is 2.02 bits per heavy atom. The van der Waals surface area contributed by atoms with Crippen molar-refractivity contribution in [2.45, 2.75) is 31.0 Å². The van der Waals surface area contributed by atoms with Gasteiger partial charge < -0.3 is 19.8 Å². The first-order valence-corrected chi connectivity index (χ1v) is 13.9. The summed E-state index contributed by atoms with van der Waals surface area (Å²) in [4.78, 5) is 18.3. The van der Waals surface area contributed by atoms with Crippen LogP contribution in [-0.2, 0) is 0 Å². The average molecular weight is 558 g/mol. The van der Waals surface area contributed by atoms with Crippen molar-refractivity contribution in [1.82, 2.24) is 19.9 Å². The second-order valence-electron chi connectivity index (χ2n) is 11.4. The van der Waals surface area contributed by atoms with E-state index >= 15 is 0 Å². The molecule has 8 nitrogen and oxygen atoms in total. The fourth-order valence-corrected chi connectivity index (χ4v) is 6.72. The Hall–Kier alpha value is -4.07. The molecule has 4 aromatic rings. The highest BCUT2D eigenvalue weighted by Crippen LogP contribution is 2.41. The van der Waals surface area contributed by atoms with E-state index in [1.807, 2.05) is 4.90 Å². The highest BCUT2D eigenvalue weighted by Gasteiger charge is 2.49. The van der Waals surface area contributed by atoms with E-state index in [4.69, 9.17) is 21.1 Å². The van der Waals surface area contributed by atoms with Crippen molar-refractivity contribution < 1.29 is 23.7 Å². The third-order valence-corrected chi connectivity index (χ3v) is 8.75. The number of hydrogen-bond donors (Lipinski definition) is 2. The molecule has 5 heterocycles. The predicted octanol–water partition coefficient (Wildman–Crippen LogP) is 4.05. The number of rotatable bonds is 6. The molecule has 3 aliphatic rings. The van der Waals surface area contributed by atoms with Crippen LogP contribution in [0, 0.1) is 24.1 Å². The summed E-state index contributed by atoms with van der Waals surface area (Å²) in [5.74, 6) is 2.64. The zero-order valence-electron chi connectivity index (χ0n) is 22.4. The van der Waals surface area contributed by atoms with Crippen molar-refractivity contribution in [3.8, 4) is 35.4 Å². The Bertz CT molecular complexity index is 1720. The van der Waals surface area contributed by atoms with Crippen molar-refractivity contribution >= 4 is 27.5 Å². The van der Waals surface area contributed by atoms with Crippen LogP contribution in [0.4, 0.5) is 14.6 Å². The number of halogens is 2. The maximum atomic E-state index is 14.8. The number of nitrogens with zero attached hydrogens (tertiary/aromatic N) is 5. The van der Waals surface area contributed by atoms with Crippen molar-refractivity contribution in [1.29, 1.82) is 0 Å². The Labute approximate surface area is 235 Å². The summed E-state index contributed by atoms with van der Waals surface area (Å²) < 4.78 is 35.1. The SMILES string of the molecule is C#Cc1c(F)ccc2cc(O)cc(-c3cc4nc(OC[C@@]56CCCN5C[C@H](F)C6)ncc4c(N4CC(CO)C4)n3)c12. The number of phenols is 1. The number of pyridine rings is 1. The van der Waals surface area contributed by atoms with Crippen LogP contribution < -0.4 is 9.64 Å². The number of benzene rings is 2. The molecule has 2 atom stereocenters. The summed E-state index contributed by atoms with van der Waals surface area (Å²) in [7, 11) is 0. The zero-order valence-corrected chi connectivity index (χ0v) is 22.4. The fraction of sp³-hybridized carbons (Fsp3) is 0.387. The van der Waals surface area contributed by atoms with E-state index in [1.165, 1.54) is 18.2 Å². The molecule has 210 valence electrons. The van der Waals surface area contributed by atoms with E-state index in [0.29, 0.717) is 71.4 Å². The molecule has 3 fully saturated rings. The van der Waals surface area contributed by atoms with E-state index in [-0.39, 0.29) is 35.4 Å². The van der Waals surface area contributed by atoms with Gasteiger partial charge in [0.05, 0.1) is 27.7 Å². The molecule has 2 N–H and O–H groups in total. The summed E-state index contributed by atoms with van der Waals surface area (Å²) in [6, 6.07) is 7.84. The largest absolute Gasteiger partial charge is 0.508 e. The van der Waals surface area contributed by atoms with Gasteiger partial charge in [-0.25, -0.2) is 18.7 Å². The van der Waals surface area contributed by atoms with Gasteiger partial charge in [0.15, 0.2) is 0 Å². The van der Waals surface area contributed by atoms with Crippen LogP contribution in [0.2, 0.25) is 0 Å². The Balaban J connectivity index is 1.34. The Morgan fingerprint density at radius 3 is 2.83 bits per heavy atom. The normalized spacial score (nSPS) is 22.7. The molecule has 3 saturated heterocycles. The predicted molar refractivity (Wildman–Crippen MR) is 151 cm³/mol. The average Bonchev–Trinajstić information content (AvgIpc) is 3.46. The number of hydrogen-bond acceptors (Lipinski definition) is 8. The number of aliphatic hydroxyl groups is 1.